The Hall–Kier alpha value is -0.820. The molecule has 1 aromatic carbocycles. The third-order valence-corrected chi connectivity index (χ3v) is 2.08. The molecule has 1 aliphatic carbocycles. The lowest BCUT2D eigenvalue weighted by Gasteiger charge is -1.98. The fraction of sp³-hybridized carbons (Fsp3) is 0.333. The fourth-order valence-electron chi connectivity index (χ4n) is 1.52. The van der Waals surface area contributed by atoms with Crippen LogP contribution in [0.4, 0.5) is 0 Å². The van der Waals surface area contributed by atoms with Crippen LogP contribution in [-0.2, 0) is 11.5 Å². The Bertz CT molecular complexity index is 242. The van der Waals surface area contributed by atoms with E-state index >= 15 is 0 Å². The number of benzene rings is 1. The van der Waals surface area contributed by atoms with Crippen molar-refractivity contribution >= 4 is 0 Å². The Morgan fingerprint density at radius 2 is 2.10 bits per heavy atom. The third-order valence-electron chi connectivity index (χ3n) is 2.08. The van der Waals surface area contributed by atoms with Crippen molar-refractivity contribution in [3.8, 4) is 0 Å². The van der Waals surface area contributed by atoms with Crippen LogP contribution in [0.5, 0.6) is 0 Å². The van der Waals surface area contributed by atoms with E-state index in [0.717, 1.165) is 18.4 Å². The average Bonchev–Trinajstić information content (AvgIpc) is 2.34. The molecule has 0 saturated carbocycles. The molecule has 0 fully saturated rings. The van der Waals surface area contributed by atoms with Crippen LogP contribution >= 0.6 is 0 Å². The second-order valence-corrected chi connectivity index (χ2v) is 2.73. The van der Waals surface area contributed by atoms with E-state index < -0.39 is 6.10 Å². The van der Waals surface area contributed by atoms with Crippen molar-refractivity contribution in [2.75, 3.05) is 0 Å². The first-order valence-corrected chi connectivity index (χ1v) is 3.61. The van der Waals surface area contributed by atoms with Gasteiger partial charge in [0.1, 0.15) is 6.10 Å². The van der Waals surface area contributed by atoms with Gasteiger partial charge in [-0.1, -0.05) is 24.3 Å². The highest BCUT2D eigenvalue weighted by molar-refractivity contribution is 5.32. The Labute approximate surface area is 60.3 Å². The van der Waals surface area contributed by atoms with E-state index in [4.69, 9.17) is 0 Å². The van der Waals surface area contributed by atoms with Crippen molar-refractivity contribution in [2.45, 2.75) is 18.9 Å². The molecule has 1 atom stereocenters. The first kappa shape index (κ1) is 5.93. The van der Waals surface area contributed by atoms with Crippen molar-refractivity contribution in [1.29, 1.82) is 0 Å². The predicted molar refractivity (Wildman–Crippen MR) is 38.2 cm³/mol. The van der Waals surface area contributed by atoms with E-state index in [1.165, 1.54) is 5.56 Å². The topological polar surface area (TPSA) is 19.9 Å². The molecule has 1 aromatic rings. The zero-order chi connectivity index (χ0) is 6.97. The zero-order valence-electron chi connectivity index (χ0n) is 5.71. The molecule has 0 saturated heterocycles. The minimum Gasteiger partial charge on any atom is -0.228 e. The van der Waals surface area contributed by atoms with Gasteiger partial charge in [0.15, 0.2) is 0 Å². The van der Waals surface area contributed by atoms with Crippen LogP contribution in [0.1, 0.15) is 23.7 Å². The van der Waals surface area contributed by atoms with Gasteiger partial charge >= 0.3 is 0 Å². The summed E-state index contributed by atoms with van der Waals surface area (Å²) in [6.07, 6.45) is 1.32. The van der Waals surface area contributed by atoms with Gasteiger partial charge in [-0.2, -0.15) is 0 Å². The Balaban J connectivity index is 2.51. The standard InChI is InChI=1S/C9H9O/c10-9-6-5-7-3-1-2-4-8(7)9/h1-4,9H,5-6H2. The molecule has 10 heavy (non-hydrogen) atoms. The lowest BCUT2D eigenvalue weighted by molar-refractivity contribution is 0.0909. The number of fused-ring (bicyclic) bond motifs is 1. The van der Waals surface area contributed by atoms with E-state index in [1.54, 1.807) is 0 Å². The van der Waals surface area contributed by atoms with Crippen LogP contribution in [0, 0.1) is 0 Å². The van der Waals surface area contributed by atoms with Gasteiger partial charge in [0.2, 0.25) is 0 Å². The maximum absolute atomic E-state index is 11.1. The van der Waals surface area contributed by atoms with Crippen LogP contribution in [0.25, 0.3) is 0 Å². The van der Waals surface area contributed by atoms with Gasteiger partial charge in [-0.15, -0.1) is 0 Å². The summed E-state index contributed by atoms with van der Waals surface area (Å²) in [5.74, 6) is 0. The molecule has 51 valence electrons. The molecule has 2 rings (SSSR count). The monoisotopic (exact) mass is 133 g/mol. The van der Waals surface area contributed by atoms with Crippen molar-refractivity contribution in [2.24, 2.45) is 0 Å². The molecule has 0 aromatic heterocycles. The minimum atomic E-state index is -0.448. The molecular weight excluding hydrogens is 124 g/mol. The van der Waals surface area contributed by atoms with Gasteiger partial charge in [-0.3, -0.25) is 0 Å². The third kappa shape index (κ3) is 0.745. The van der Waals surface area contributed by atoms with Gasteiger partial charge in [-0.05, 0) is 24.0 Å². The number of hydrogen-bond donors (Lipinski definition) is 0. The zero-order valence-corrected chi connectivity index (χ0v) is 5.71. The minimum absolute atomic E-state index is 0.448. The molecule has 0 amide bonds. The summed E-state index contributed by atoms with van der Waals surface area (Å²) in [4.78, 5) is 0. The summed E-state index contributed by atoms with van der Waals surface area (Å²) in [6.45, 7) is 0. The first-order chi connectivity index (χ1) is 4.88. The molecule has 0 heterocycles. The maximum atomic E-state index is 11.1. The molecule has 0 bridgehead atoms. The van der Waals surface area contributed by atoms with Crippen molar-refractivity contribution in [3.63, 3.8) is 0 Å². The molecule has 0 aliphatic heterocycles. The van der Waals surface area contributed by atoms with E-state index in [2.05, 4.69) is 0 Å². The van der Waals surface area contributed by atoms with Crippen molar-refractivity contribution in [3.05, 3.63) is 35.4 Å². The Kier molecular flexibility index (Phi) is 1.24. The van der Waals surface area contributed by atoms with Gasteiger partial charge < -0.3 is 0 Å². The highest BCUT2D eigenvalue weighted by Crippen LogP contribution is 2.30. The van der Waals surface area contributed by atoms with Gasteiger partial charge in [0.25, 0.3) is 0 Å². The SMILES string of the molecule is [O]C1CCc2ccccc21. The predicted octanol–water partition coefficient (Wildman–Crippen LogP) is 2.10. The average molecular weight is 133 g/mol. The summed E-state index contributed by atoms with van der Waals surface area (Å²) in [5.41, 5.74) is 2.27. The summed E-state index contributed by atoms with van der Waals surface area (Å²) in [5, 5.41) is 11.1. The van der Waals surface area contributed by atoms with Gasteiger partial charge in [0.05, 0.1) is 0 Å². The summed E-state index contributed by atoms with van der Waals surface area (Å²) >= 11 is 0. The second kappa shape index (κ2) is 2.10. The summed E-state index contributed by atoms with van der Waals surface area (Å²) in [6, 6.07) is 7.93. The van der Waals surface area contributed by atoms with Crippen LogP contribution in [0.2, 0.25) is 0 Å². The van der Waals surface area contributed by atoms with Crippen molar-refractivity contribution < 1.29 is 5.11 Å². The molecule has 1 nitrogen and oxygen atoms in total. The normalized spacial score (nSPS) is 22.7. The second-order valence-electron chi connectivity index (χ2n) is 2.73. The fourth-order valence-corrected chi connectivity index (χ4v) is 1.52. The number of aryl methyl sites for hydroxylation is 1. The molecule has 1 heteroatoms. The lowest BCUT2D eigenvalue weighted by atomic mass is 10.1. The van der Waals surface area contributed by atoms with Crippen molar-refractivity contribution in [1.82, 2.24) is 0 Å². The van der Waals surface area contributed by atoms with E-state index in [-0.39, 0.29) is 0 Å². The van der Waals surface area contributed by atoms with Gasteiger partial charge in [0, 0.05) is 0 Å². The van der Waals surface area contributed by atoms with E-state index in [9.17, 15) is 5.11 Å². The largest absolute Gasteiger partial charge is 0.228 e. The maximum Gasteiger partial charge on any atom is 0.119 e. The number of rotatable bonds is 0. The first-order valence-electron chi connectivity index (χ1n) is 3.61. The van der Waals surface area contributed by atoms with Crippen LogP contribution in [0.3, 0.4) is 0 Å². The van der Waals surface area contributed by atoms with Crippen LogP contribution in [-0.4, -0.2) is 0 Å². The van der Waals surface area contributed by atoms with Crippen LogP contribution in [0.15, 0.2) is 24.3 Å². The summed E-state index contributed by atoms with van der Waals surface area (Å²) < 4.78 is 0. The molecule has 1 radical (unpaired) electrons. The van der Waals surface area contributed by atoms with Gasteiger partial charge in [-0.25, -0.2) is 5.11 Å². The molecule has 0 N–H and O–H groups in total. The lowest BCUT2D eigenvalue weighted by Crippen LogP contribution is -1.86. The van der Waals surface area contributed by atoms with Crippen LogP contribution < -0.4 is 0 Å². The van der Waals surface area contributed by atoms with E-state index in [0.29, 0.717) is 0 Å². The Morgan fingerprint density at radius 3 is 2.90 bits per heavy atom. The quantitative estimate of drug-likeness (QED) is 0.516. The smallest absolute Gasteiger partial charge is 0.119 e. The molecule has 1 unspecified atom stereocenters. The summed E-state index contributed by atoms with van der Waals surface area (Å²) in [7, 11) is 0. The Morgan fingerprint density at radius 1 is 1.30 bits per heavy atom. The molecule has 1 aliphatic rings. The van der Waals surface area contributed by atoms with E-state index in [1.807, 2.05) is 24.3 Å². The highest BCUT2D eigenvalue weighted by atomic mass is 16.3. The molecule has 0 spiro atoms. The number of hydrogen-bond acceptors (Lipinski definition) is 0. The molecular formula is C9H9O. The highest BCUT2D eigenvalue weighted by Gasteiger charge is 2.19.